The van der Waals surface area contributed by atoms with Gasteiger partial charge in [-0.2, -0.15) is 4.39 Å². The van der Waals surface area contributed by atoms with Gasteiger partial charge in [-0.15, -0.1) is 0 Å². The first kappa shape index (κ1) is 25.1. The SMILES string of the molecule is CCCCCCCC1CCC(C2CCC(C#Cc3ccc(OCC)c(F)c3F)CC2)CC1. The highest BCUT2D eigenvalue weighted by molar-refractivity contribution is 5.41. The van der Waals surface area contributed by atoms with Gasteiger partial charge in [0.1, 0.15) is 0 Å². The Bertz CT molecular complexity index is 746. The van der Waals surface area contributed by atoms with E-state index in [1.54, 1.807) is 6.92 Å². The molecule has 0 saturated heterocycles. The molecule has 1 nitrogen and oxygen atoms in total. The molecule has 0 aliphatic heterocycles. The number of benzene rings is 1. The van der Waals surface area contributed by atoms with E-state index in [0.29, 0.717) is 12.5 Å². The smallest absolute Gasteiger partial charge is 0.201 e. The molecule has 0 amide bonds. The number of ether oxygens (including phenoxy) is 1. The van der Waals surface area contributed by atoms with Crippen LogP contribution in [-0.2, 0) is 0 Å². The molecule has 0 atom stereocenters. The summed E-state index contributed by atoms with van der Waals surface area (Å²) in [6, 6.07) is 3.01. The van der Waals surface area contributed by atoms with Crippen molar-refractivity contribution < 1.29 is 13.5 Å². The van der Waals surface area contributed by atoms with Crippen LogP contribution in [0.4, 0.5) is 8.78 Å². The topological polar surface area (TPSA) is 9.23 Å². The quantitative estimate of drug-likeness (QED) is 0.273. The van der Waals surface area contributed by atoms with Gasteiger partial charge >= 0.3 is 0 Å². The zero-order chi connectivity index (χ0) is 22.8. The normalized spacial score (nSPS) is 25.8. The molecule has 1 aromatic carbocycles. The molecule has 32 heavy (non-hydrogen) atoms. The molecule has 1 aromatic rings. The van der Waals surface area contributed by atoms with E-state index in [0.717, 1.165) is 30.6 Å². The number of hydrogen-bond donors (Lipinski definition) is 0. The van der Waals surface area contributed by atoms with E-state index in [-0.39, 0.29) is 11.3 Å². The van der Waals surface area contributed by atoms with Crippen LogP contribution in [-0.4, -0.2) is 6.61 Å². The standard InChI is InChI=1S/C29H42F2O/c1-3-5-6-7-8-9-22-10-15-24(16-11-22)25-17-12-23(13-18-25)14-19-26-20-21-27(32-4-2)29(31)28(26)30/h20-25H,3-13,15-18H2,1-2H3. The number of halogens is 2. The first-order chi connectivity index (χ1) is 15.6. The van der Waals surface area contributed by atoms with Crippen molar-refractivity contribution in [3.05, 3.63) is 29.3 Å². The summed E-state index contributed by atoms with van der Waals surface area (Å²) in [5.74, 6) is 7.30. The summed E-state index contributed by atoms with van der Waals surface area (Å²) in [6.45, 7) is 4.35. The van der Waals surface area contributed by atoms with Crippen LogP contribution in [0.15, 0.2) is 12.1 Å². The average Bonchev–Trinajstić information content (AvgIpc) is 2.82. The van der Waals surface area contributed by atoms with Gasteiger partial charge in [0.2, 0.25) is 5.82 Å². The van der Waals surface area contributed by atoms with Crippen molar-refractivity contribution >= 4 is 0 Å². The lowest BCUT2D eigenvalue weighted by Gasteiger charge is -2.37. The van der Waals surface area contributed by atoms with E-state index in [9.17, 15) is 8.78 Å². The van der Waals surface area contributed by atoms with Crippen LogP contribution in [0.25, 0.3) is 0 Å². The van der Waals surface area contributed by atoms with Gasteiger partial charge in [-0.1, -0.05) is 70.1 Å². The van der Waals surface area contributed by atoms with Gasteiger partial charge in [-0.25, -0.2) is 4.39 Å². The van der Waals surface area contributed by atoms with Gasteiger partial charge in [0.25, 0.3) is 0 Å². The predicted molar refractivity (Wildman–Crippen MR) is 129 cm³/mol. The largest absolute Gasteiger partial charge is 0.491 e. The van der Waals surface area contributed by atoms with Crippen molar-refractivity contribution in [2.24, 2.45) is 23.7 Å². The van der Waals surface area contributed by atoms with Crippen LogP contribution in [0, 0.1) is 47.1 Å². The van der Waals surface area contributed by atoms with Crippen molar-refractivity contribution in [2.75, 3.05) is 6.61 Å². The Morgan fingerprint density at radius 3 is 2.12 bits per heavy atom. The Labute approximate surface area is 194 Å². The molecule has 2 aliphatic carbocycles. The average molecular weight is 445 g/mol. The number of rotatable bonds is 9. The van der Waals surface area contributed by atoms with Crippen molar-refractivity contribution in [3.8, 4) is 17.6 Å². The van der Waals surface area contributed by atoms with Gasteiger partial charge in [-0.3, -0.25) is 0 Å². The molecule has 3 rings (SSSR count). The van der Waals surface area contributed by atoms with E-state index in [2.05, 4.69) is 18.8 Å². The summed E-state index contributed by atoms with van der Waals surface area (Å²) in [5, 5.41) is 0. The lowest BCUT2D eigenvalue weighted by atomic mass is 9.69. The van der Waals surface area contributed by atoms with E-state index < -0.39 is 11.6 Å². The Hall–Kier alpha value is -1.56. The van der Waals surface area contributed by atoms with Crippen molar-refractivity contribution in [1.82, 2.24) is 0 Å². The van der Waals surface area contributed by atoms with Gasteiger partial charge < -0.3 is 4.74 Å². The van der Waals surface area contributed by atoms with Crippen LogP contribution in [0.1, 0.15) is 109 Å². The molecule has 0 bridgehead atoms. The Morgan fingerprint density at radius 1 is 0.812 bits per heavy atom. The first-order valence-electron chi connectivity index (χ1n) is 13.2. The van der Waals surface area contributed by atoms with Crippen molar-refractivity contribution in [3.63, 3.8) is 0 Å². The maximum absolute atomic E-state index is 14.3. The molecular formula is C29H42F2O. The van der Waals surface area contributed by atoms with Crippen LogP contribution in [0.3, 0.4) is 0 Å². The molecule has 0 aromatic heterocycles. The molecule has 0 radical (unpaired) electrons. The predicted octanol–water partition coefficient (Wildman–Crippen LogP) is 8.69. The fourth-order valence-electron chi connectivity index (χ4n) is 5.79. The van der Waals surface area contributed by atoms with Crippen molar-refractivity contribution in [1.29, 1.82) is 0 Å². The van der Waals surface area contributed by atoms with Crippen LogP contribution in [0.2, 0.25) is 0 Å². The third-order valence-corrected chi connectivity index (χ3v) is 7.80. The van der Waals surface area contributed by atoms with Crippen LogP contribution in [0.5, 0.6) is 5.75 Å². The molecule has 0 N–H and O–H groups in total. The first-order valence-corrected chi connectivity index (χ1v) is 13.2. The monoisotopic (exact) mass is 444 g/mol. The highest BCUT2D eigenvalue weighted by Gasteiger charge is 2.30. The highest BCUT2D eigenvalue weighted by Crippen LogP contribution is 2.42. The number of unbranched alkanes of at least 4 members (excludes halogenated alkanes) is 4. The summed E-state index contributed by atoms with van der Waals surface area (Å²) in [6.07, 6.45) is 18.8. The Kier molecular flexibility index (Phi) is 10.4. The van der Waals surface area contributed by atoms with Crippen molar-refractivity contribution in [2.45, 2.75) is 104 Å². The van der Waals surface area contributed by atoms with E-state index in [1.165, 1.54) is 89.2 Å². The van der Waals surface area contributed by atoms with Gasteiger partial charge in [0.15, 0.2) is 11.6 Å². The second-order valence-corrected chi connectivity index (χ2v) is 10.0. The van der Waals surface area contributed by atoms with E-state index in [4.69, 9.17) is 4.74 Å². The fraction of sp³-hybridized carbons (Fsp3) is 0.724. The minimum atomic E-state index is -0.932. The third-order valence-electron chi connectivity index (χ3n) is 7.80. The summed E-state index contributed by atoms with van der Waals surface area (Å²) in [5.41, 5.74) is 0.140. The summed E-state index contributed by atoms with van der Waals surface area (Å²) < 4.78 is 33.4. The molecule has 2 fully saturated rings. The van der Waals surface area contributed by atoms with Gasteiger partial charge in [0.05, 0.1) is 12.2 Å². The Morgan fingerprint density at radius 2 is 1.47 bits per heavy atom. The summed E-state index contributed by atoms with van der Waals surface area (Å²) in [7, 11) is 0. The molecule has 3 heteroatoms. The third kappa shape index (κ3) is 7.23. The molecule has 0 unspecified atom stereocenters. The highest BCUT2D eigenvalue weighted by atomic mass is 19.2. The van der Waals surface area contributed by atoms with Gasteiger partial charge in [-0.05, 0) is 75.3 Å². The molecule has 0 spiro atoms. The number of hydrogen-bond acceptors (Lipinski definition) is 1. The van der Waals surface area contributed by atoms with Crippen LogP contribution < -0.4 is 4.74 Å². The second kappa shape index (κ2) is 13.2. The molecule has 0 heterocycles. The molecule has 2 aliphatic rings. The summed E-state index contributed by atoms with van der Waals surface area (Å²) in [4.78, 5) is 0. The summed E-state index contributed by atoms with van der Waals surface area (Å²) >= 11 is 0. The minimum absolute atomic E-state index is 0.0396. The zero-order valence-corrected chi connectivity index (χ0v) is 20.2. The second-order valence-electron chi connectivity index (χ2n) is 10.0. The van der Waals surface area contributed by atoms with E-state index in [1.807, 2.05) is 0 Å². The fourth-order valence-corrected chi connectivity index (χ4v) is 5.79. The maximum Gasteiger partial charge on any atom is 0.201 e. The zero-order valence-electron chi connectivity index (χ0n) is 20.2. The van der Waals surface area contributed by atoms with E-state index >= 15 is 0 Å². The Balaban J connectivity index is 1.40. The lowest BCUT2D eigenvalue weighted by Crippen LogP contribution is -2.25. The minimum Gasteiger partial charge on any atom is -0.491 e. The molecule has 178 valence electrons. The van der Waals surface area contributed by atoms with Crippen LogP contribution >= 0.6 is 0 Å². The molecular weight excluding hydrogens is 402 g/mol. The maximum atomic E-state index is 14.3. The van der Waals surface area contributed by atoms with Gasteiger partial charge in [0, 0.05) is 5.92 Å². The molecule has 2 saturated carbocycles. The lowest BCUT2D eigenvalue weighted by molar-refractivity contribution is 0.153.